The zero-order valence-corrected chi connectivity index (χ0v) is 15.2. The van der Waals surface area contributed by atoms with Crippen LogP contribution in [0.3, 0.4) is 0 Å². The molecule has 0 aromatic heterocycles. The number of alkyl halides is 3. The van der Waals surface area contributed by atoms with Crippen LogP contribution < -0.4 is 4.74 Å². The molecule has 2 unspecified atom stereocenters. The molecule has 138 valence electrons. The van der Waals surface area contributed by atoms with Crippen LogP contribution in [0.15, 0.2) is 29.7 Å². The smallest absolute Gasteiger partial charge is 0.417 e. The highest BCUT2D eigenvalue weighted by Crippen LogP contribution is 2.48. The lowest BCUT2D eigenvalue weighted by Gasteiger charge is -2.39. The average Bonchev–Trinajstić information content (AvgIpc) is 3.15. The van der Waals surface area contributed by atoms with Crippen molar-refractivity contribution >= 4 is 11.8 Å². The molecule has 0 bridgehead atoms. The summed E-state index contributed by atoms with van der Waals surface area (Å²) in [5.41, 5.74) is -1.83. The second kappa shape index (κ2) is 6.54. The van der Waals surface area contributed by atoms with Crippen LogP contribution in [-0.2, 0) is 11.8 Å². The van der Waals surface area contributed by atoms with Gasteiger partial charge in [-0.15, -0.1) is 11.8 Å². The molecule has 1 aromatic carbocycles. The minimum Gasteiger partial charge on any atom is -0.493 e. The molecule has 2 atom stereocenters. The lowest BCUT2D eigenvalue weighted by Crippen LogP contribution is -2.50. The third kappa shape index (κ3) is 3.70. The summed E-state index contributed by atoms with van der Waals surface area (Å²) in [6.45, 7) is 4.05. The zero-order chi connectivity index (χ0) is 18.3. The van der Waals surface area contributed by atoms with Gasteiger partial charge in [0.05, 0.1) is 6.61 Å². The highest BCUT2D eigenvalue weighted by atomic mass is 32.2. The Morgan fingerprint density at radius 3 is 2.68 bits per heavy atom. The number of benzene rings is 1. The van der Waals surface area contributed by atoms with Gasteiger partial charge in [0.1, 0.15) is 5.75 Å². The second-order valence-corrected chi connectivity index (χ2v) is 8.55. The van der Waals surface area contributed by atoms with Crippen LogP contribution in [0.4, 0.5) is 13.2 Å². The van der Waals surface area contributed by atoms with E-state index in [1.165, 1.54) is 11.8 Å². The van der Waals surface area contributed by atoms with Gasteiger partial charge in [-0.2, -0.15) is 13.2 Å². The van der Waals surface area contributed by atoms with Crippen LogP contribution >= 0.6 is 11.8 Å². The molecule has 1 aromatic rings. The Morgan fingerprint density at radius 1 is 1.28 bits per heavy atom. The van der Waals surface area contributed by atoms with Gasteiger partial charge in [-0.1, -0.05) is 38.1 Å². The van der Waals surface area contributed by atoms with Gasteiger partial charge in [-0.05, 0) is 35.1 Å². The summed E-state index contributed by atoms with van der Waals surface area (Å²) in [7, 11) is 0. The summed E-state index contributed by atoms with van der Waals surface area (Å²) >= 11 is 1.49. The molecule has 2 aliphatic heterocycles. The molecule has 2 nitrogen and oxygen atoms in total. The normalized spacial score (nSPS) is 22.6. The number of para-hydroxylation sites is 1. The first-order chi connectivity index (χ1) is 11.6. The number of hydrogen-bond donors (Lipinski definition) is 1. The molecule has 0 aliphatic carbocycles. The standard InChI is InChI=1S/C19H23F3O2S/c1-17(2,15-5-3-4-14-6-8-24-16(14)15)12-18(23,19(20,21)22)10-13-7-9-25-11-13/h3-5,7,9,13,23H,6,8,10-12H2,1-2H3. The first-order valence-electron chi connectivity index (χ1n) is 8.45. The quantitative estimate of drug-likeness (QED) is 0.801. The van der Waals surface area contributed by atoms with E-state index >= 15 is 0 Å². The highest BCUT2D eigenvalue weighted by molar-refractivity contribution is 8.02. The Kier molecular flexibility index (Phi) is 4.88. The van der Waals surface area contributed by atoms with Crippen molar-refractivity contribution in [3.8, 4) is 5.75 Å². The van der Waals surface area contributed by atoms with E-state index in [0.717, 1.165) is 17.5 Å². The fourth-order valence-corrected chi connectivity index (χ4v) is 4.75. The number of ether oxygens (including phenoxy) is 1. The van der Waals surface area contributed by atoms with Gasteiger partial charge >= 0.3 is 6.18 Å². The summed E-state index contributed by atoms with van der Waals surface area (Å²) in [5, 5.41) is 12.5. The molecule has 1 N–H and O–H groups in total. The molecule has 0 fully saturated rings. The highest BCUT2D eigenvalue weighted by Gasteiger charge is 2.56. The number of hydrogen-bond acceptors (Lipinski definition) is 3. The van der Waals surface area contributed by atoms with Crippen LogP contribution in [0.2, 0.25) is 0 Å². The summed E-state index contributed by atoms with van der Waals surface area (Å²) in [6.07, 6.45) is -2.84. The van der Waals surface area contributed by atoms with Crippen molar-refractivity contribution < 1.29 is 23.0 Å². The van der Waals surface area contributed by atoms with Crippen molar-refractivity contribution in [2.24, 2.45) is 5.92 Å². The molecule has 2 heterocycles. The van der Waals surface area contributed by atoms with E-state index in [1.807, 2.05) is 23.6 Å². The molecule has 0 saturated heterocycles. The molecule has 0 amide bonds. The number of halogens is 3. The van der Waals surface area contributed by atoms with Gasteiger partial charge in [-0.3, -0.25) is 0 Å². The Bertz CT molecular complexity index is 669. The SMILES string of the molecule is CC(C)(CC(O)(CC1C=CSC1)C(F)(F)F)c1cccc2c1OCC2. The Balaban J connectivity index is 1.90. The van der Waals surface area contributed by atoms with Crippen molar-refractivity contribution in [1.82, 2.24) is 0 Å². The first-order valence-corrected chi connectivity index (χ1v) is 9.50. The Labute approximate surface area is 150 Å². The lowest BCUT2D eigenvalue weighted by molar-refractivity contribution is -0.271. The van der Waals surface area contributed by atoms with Crippen LogP contribution in [0, 0.1) is 5.92 Å². The van der Waals surface area contributed by atoms with Gasteiger partial charge < -0.3 is 9.84 Å². The van der Waals surface area contributed by atoms with Crippen LogP contribution in [0.1, 0.15) is 37.8 Å². The molecule has 25 heavy (non-hydrogen) atoms. The van der Waals surface area contributed by atoms with Gasteiger partial charge in [0.15, 0.2) is 5.60 Å². The minimum absolute atomic E-state index is 0.259. The summed E-state index contributed by atoms with van der Waals surface area (Å²) in [5.74, 6) is 1.02. The number of thioether (sulfide) groups is 1. The van der Waals surface area contributed by atoms with Crippen molar-refractivity contribution in [1.29, 1.82) is 0 Å². The molecule has 0 saturated carbocycles. The summed E-state index contributed by atoms with van der Waals surface area (Å²) in [4.78, 5) is 0. The maximum Gasteiger partial charge on any atom is 0.417 e. The van der Waals surface area contributed by atoms with Crippen molar-refractivity contribution in [2.45, 2.75) is 50.3 Å². The fourth-order valence-electron chi connectivity index (χ4n) is 3.82. The van der Waals surface area contributed by atoms with Gasteiger partial charge in [-0.25, -0.2) is 0 Å². The van der Waals surface area contributed by atoms with Gasteiger partial charge in [0, 0.05) is 17.7 Å². The van der Waals surface area contributed by atoms with E-state index < -0.39 is 23.6 Å². The molecule has 2 aliphatic rings. The van der Waals surface area contributed by atoms with Crippen LogP contribution in [0.25, 0.3) is 0 Å². The Hall–Kier alpha value is -1.14. The van der Waals surface area contributed by atoms with E-state index in [0.29, 0.717) is 18.1 Å². The summed E-state index contributed by atoms with van der Waals surface area (Å²) in [6, 6.07) is 5.61. The maximum absolute atomic E-state index is 13.8. The molecule has 0 radical (unpaired) electrons. The van der Waals surface area contributed by atoms with Gasteiger partial charge in [0.25, 0.3) is 0 Å². The largest absolute Gasteiger partial charge is 0.493 e. The van der Waals surface area contributed by atoms with E-state index in [2.05, 4.69) is 0 Å². The van der Waals surface area contributed by atoms with E-state index in [1.54, 1.807) is 19.9 Å². The van der Waals surface area contributed by atoms with E-state index in [-0.39, 0.29) is 12.3 Å². The van der Waals surface area contributed by atoms with Crippen molar-refractivity contribution in [3.63, 3.8) is 0 Å². The second-order valence-electron chi connectivity index (χ2n) is 7.61. The lowest BCUT2D eigenvalue weighted by atomic mass is 9.72. The maximum atomic E-state index is 13.8. The van der Waals surface area contributed by atoms with Crippen molar-refractivity contribution in [2.75, 3.05) is 12.4 Å². The molecule has 3 rings (SSSR count). The molecular formula is C19H23F3O2S. The van der Waals surface area contributed by atoms with Crippen LogP contribution in [0.5, 0.6) is 5.75 Å². The molecular weight excluding hydrogens is 349 g/mol. The number of allylic oxidation sites excluding steroid dienone is 1. The first kappa shape index (κ1) is 18.6. The number of aliphatic hydroxyl groups is 1. The van der Waals surface area contributed by atoms with Crippen molar-refractivity contribution in [3.05, 3.63) is 40.8 Å². The molecule has 6 heteroatoms. The average molecular weight is 372 g/mol. The topological polar surface area (TPSA) is 29.5 Å². The minimum atomic E-state index is -4.68. The van der Waals surface area contributed by atoms with E-state index in [4.69, 9.17) is 4.74 Å². The third-order valence-electron chi connectivity index (χ3n) is 5.06. The number of fused-ring (bicyclic) bond motifs is 1. The summed E-state index contributed by atoms with van der Waals surface area (Å²) < 4.78 is 47.0. The number of rotatable bonds is 5. The Morgan fingerprint density at radius 2 is 2.04 bits per heavy atom. The third-order valence-corrected chi connectivity index (χ3v) is 6.03. The predicted octanol–water partition coefficient (Wildman–Crippen LogP) is 4.85. The zero-order valence-electron chi connectivity index (χ0n) is 14.4. The predicted molar refractivity (Wildman–Crippen MR) is 94.0 cm³/mol. The monoisotopic (exact) mass is 372 g/mol. The fraction of sp³-hybridized carbons (Fsp3) is 0.579. The van der Waals surface area contributed by atoms with Gasteiger partial charge in [0.2, 0.25) is 0 Å². The van der Waals surface area contributed by atoms with Crippen LogP contribution in [-0.4, -0.2) is 29.2 Å². The van der Waals surface area contributed by atoms with E-state index in [9.17, 15) is 18.3 Å². The molecule has 0 spiro atoms.